The van der Waals surface area contributed by atoms with Crippen LogP contribution < -0.4 is 5.32 Å². The molecule has 0 saturated carbocycles. The maximum absolute atomic E-state index is 12.4. The van der Waals surface area contributed by atoms with Gasteiger partial charge in [0.25, 0.3) is 5.91 Å². The number of aryl methyl sites for hydroxylation is 3. The highest BCUT2D eigenvalue weighted by Gasteiger charge is 2.15. The Labute approximate surface area is 122 Å². The van der Waals surface area contributed by atoms with Crippen LogP contribution in [0.1, 0.15) is 34.2 Å². The minimum absolute atomic E-state index is 0.252. The van der Waals surface area contributed by atoms with E-state index in [4.69, 9.17) is 11.6 Å². The van der Waals surface area contributed by atoms with Crippen molar-refractivity contribution in [3.8, 4) is 0 Å². The van der Waals surface area contributed by atoms with Gasteiger partial charge in [0.1, 0.15) is 0 Å². The summed E-state index contributed by atoms with van der Waals surface area (Å²) in [5.41, 5.74) is 3.25. The number of nitrogens with zero attached hydrogens (tertiary/aromatic N) is 3. The lowest BCUT2D eigenvalue weighted by Crippen LogP contribution is -2.17. The third kappa shape index (κ3) is 2.93. The molecule has 0 aliphatic heterocycles. The highest BCUT2D eigenvalue weighted by atomic mass is 35.5. The van der Waals surface area contributed by atoms with Gasteiger partial charge >= 0.3 is 0 Å². The van der Waals surface area contributed by atoms with E-state index in [-0.39, 0.29) is 11.1 Å². The number of rotatable bonds is 3. The van der Waals surface area contributed by atoms with Crippen LogP contribution in [-0.2, 0) is 6.42 Å². The lowest BCUT2D eigenvalue weighted by atomic mass is 10.1. The van der Waals surface area contributed by atoms with Gasteiger partial charge in [-0.05, 0) is 38.0 Å². The summed E-state index contributed by atoms with van der Waals surface area (Å²) in [7, 11) is 0. The molecule has 6 heteroatoms. The summed E-state index contributed by atoms with van der Waals surface area (Å²) >= 11 is 6.01. The normalized spacial score (nSPS) is 10.4. The summed E-state index contributed by atoms with van der Waals surface area (Å²) in [5, 5.41) is 11.1. The first-order chi connectivity index (χ1) is 9.52. The van der Waals surface area contributed by atoms with Gasteiger partial charge in [-0.1, -0.05) is 18.5 Å². The fraction of sp³-hybridized carbons (Fsp3) is 0.286. The van der Waals surface area contributed by atoms with E-state index < -0.39 is 0 Å². The molecule has 0 radical (unpaired) electrons. The van der Waals surface area contributed by atoms with Gasteiger partial charge in [-0.2, -0.15) is 10.2 Å². The number of halogens is 1. The molecule has 0 spiro atoms. The van der Waals surface area contributed by atoms with E-state index >= 15 is 0 Å². The monoisotopic (exact) mass is 290 g/mol. The van der Waals surface area contributed by atoms with Gasteiger partial charge in [0, 0.05) is 6.20 Å². The van der Waals surface area contributed by atoms with E-state index in [1.807, 2.05) is 13.8 Å². The van der Waals surface area contributed by atoms with Crippen LogP contribution in [0, 0.1) is 13.8 Å². The molecule has 0 aliphatic carbocycles. The predicted molar refractivity (Wildman–Crippen MR) is 78.1 cm³/mol. The van der Waals surface area contributed by atoms with Crippen LogP contribution in [0.4, 0.5) is 5.69 Å². The molecule has 0 aromatic carbocycles. The Balaban J connectivity index is 2.35. The number of amides is 1. The Morgan fingerprint density at radius 1 is 1.35 bits per heavy atom. The summed E-state index contributed by atoms with van der Waals surface area (Å²) in [5.74, 6) is -0.252. The first kappa shape index (κ1) is 14.4. The second kappa shape index (κ2) is 5.96. The quantitative estimate of drug-likeness (QED) is 0.883. The molecule has 1 N–H and O–H groups in total. The van der Waals surface area contributed by atoms with E-state index in [2.05, 4.69) is 20.5 Å². The third-order valence-corrected chi connectivity index (χ3v) is 3.21. The molecule has 0 saturated heterocycles. The fourth-order valence-corrected chi connectivity index (χ4v) is 2.08. The topological polar surface area (TPSA) is 67.8 Å². The Bertz CT molecular complexity index is 637. The maximum Gasteiger partial charge on any atom is 0.257 e. The van der Waals surface area contributed by atoms with Crippen molar-refractivity contribution in [2.24, 2.45) is 0 Å². The molecule has 0 bridgehead atoms. The zero-order valence-electron chi connectivity index (χ0n) is 11.6. The molecule has 104 valence electrons. The average Bonchev–Trinajstić information content (AvgIpc) is 2.43. The number of hydrogen-bond donors (Lipinski definition) is 1. The van der Waals surface area contributed by atoms with Crippen molar-refractivity contribution in [3.63, 3.8) is 0 Å². The van der Waals surface area contributed by atoms with Gasteiger partial charge in [0.05, 0.1) is 22.6 Å². The SMILES string of the molecule is CCc1nnc(C)cc1C(=O)Nc1c(C)ccnc1Cl. The predicted octanol–water partition coefficient (Wildman–Crippen LogP) is 2.96. The molecule has 0 atom stereocenters. The van der Waals surface area contributed by atoms with Gasteiger partial charge in [-0.15, -0.1) is 0 Å². The van der Waals surface area contributed by atoms with Crippen LogP contribution in [0.25, 0.3) is 0 Å². The van der Waals surface area contributed by atoms with E-state index in [9.17, 15) is 4.79 Å². The van der Waals surface area contributed by atoms with Gasteiger partial charge in [0.2, 0.25) is 0 Å². The van der Waals surface area contributed by atoms with Crippen molar-refractivity contribution >= 4 is 23.2 Å². The summed E-state index contributed by atoms with van der Waals surface area (Å²) in [6, 6.07) is 3.51. The second-order valence-electron chi connectivity index (χ2n) is 4.45. The van der Waals surface area contributed by atoms with Crippen LogP contribution in [0.15, 0.2) is 18.3 Å². The standard InChI is InChI=1S/C14H15ClN4O/c1-4-11-10(7-9(3)18-19-11)14(20)17-12-8(2)5-6-16-13(12)15/h5-7H,4H2,1-3H3,(H,17,20). The van der Waals surface area contributed by atoms with Crippen molar-refractivity contribution in [3.05, 3.63) is 46.0 Å². The maximum atomic E-state index is 12.4. The van der Waals surface area contributed by atoms with Gasteiger partial charge in [0.15, 0.2) is 5.15 Å². The van der Waals surface area contributed by atoms with Crippen molar-refractivity contribution in [2.45, 2.75) is 27.2 Å². The van der Waals surface area contributed by atoms with Crippen molar-refractivity contribution in [2.75, 3.05) is 5.32 Å². The molecular weight excluding hydrogens is 276 g/mol. The summed E-state index contributed by atoms with van der Waals surface area (Å²) in [4.78, 5) is 16.4. The molecule has 0 aliphatic rings. The molecule has 2 aromatic heterocycles. The molecule has 2 aromatic rings. The minimum Gasteiger partial charge on any atom is -0.319 e. The number of hydrogen-bond acceptors (Lipinski definition) is 4. The average molecular weight is 291 g/mol. The summed E-state index contributed by atoms with van der Waals surface area (Å²) in [6.07, 6.45) is 2.23. The summed E-state index contributed by atoms with van der Waals surface area (Å²) in [6.45, 7) is 5.59. The number of pyridine rings is 1. The van der Waals surface area contributed by atoms with Gasteiger partial charge in [-0.25, -0.2) is 4.98 Å². The van der Waals surface area contributed by atoms with E-state index in [0.717, 1.165) is 5.56 Å². The molecule has 2 rings (SSSR count). The Kier molecular flexibility index (Phi) is 4.29. The van der Waals surface area contributed by atoms with Crippen molar-refractivity contribution < 1.29 is 4.79 Å². The number of nitrogens with one attached hydrogen (secondary N) is 1. The Morgan fingerprint density at radius 2 is 2.10 bits per heavy atom. The molecule has 2 heterocycles. The van der Waals surface area contributed by atoms with Crippen molar-refractivity contribution in [1.29, 1.82) is 0 Å². The Morgan fingerprint density at radius 3 is 2.75 bits per heavy atom. The fourth-order valence-electron chi connectivity index (χ4n) is 1.83. The zero-order chi connectivity index (χ0) is 14.7. The largest absolute Gasteiger partial charge is 0.319 e. The van der Waals surface area contributed by atoms with Crippen LogP contribution in [0.5, 0.6) is 0 Å². The van der Waals surface area contributed by atoms with Crippen LogP contribution in [0.3, 0.4) is 0 Å². The zero-order valence-corrected chi connectivity index (χ0v) is 12.3. The molecule has 0 fully saturated rings. The second-order valence-corrected chi connectivity index (χ2v) is 4.81. The Hall–Kier alpha value is -2.01. The number of aromatic nitrogens is 3. The lowest BCUT2D eigenvalue weighted by molar-refractivity contribution is 0.102. The molecular formula is C14H15ClN4O. The summed E-state index contributed by atoms with van der Waals surface area (Å²) < 4.78 is 0. The van der Waals surface area contributed by atoms with Crippen molar-refractivity contribution in [1.82, 2.24) is 15.2 Å². The van der Waals surface area contributed by atoms with Crippen LogP contribution in [-0.4, -0.2) is 21.1 Å². The number of anilines is 1. The van der Waals surface area contributed by atoms with Crippen LogP contribution in [0.2, 0.25) is 5.15 Å². The lowest BCUT2D eigenvalue weighted by Gasteiger charge is -2.11. The van der Waals surface area contributed by atoms with Gasteiger partial charge < -0.3 is 5.32 Å². The molecule has 20 heavy (non-hydrogen) atoms. The molecule has 5 nitrogen and oxygen atoms in total. The molecule has 0 unspecified atom stereocenters. The first-order valence-corrected chi connectivity index (χ1v) is 6.66. The van der Waals surface area contributed by atoms with E-state index in [0.29, 0.717) is 29.1 Å². The van der Waals surface area contributed by atoms with E-state index in [1.165, 1.54) is 0 Å². The van der Waals surface area contributed by atoms with Crippen LogP contribution >= 0.6 is 11.6 Å². The minimum atomic E-state index is -0.252. The highest BCUT2D eigenvalue weighted by Crippen LogP contribution is 2.23. The smallest absolute Gasteiger partial charge is 0.257 e. The number of carbonyl (C=O) groups is 1. The van der Waals surface area contributed by atoms with E-state index in [1.54, 1.807) is 25.3 Å². The molecule has 1 amide bonds. The third-order valence-electron chi connectivity index (χ3n) is 2.92. The number of carbonyl (C=O) groups excluding carboxylic acids is 1. The highest BCUT2D eigenvalue weighted by molar-refractivity contribution is 6.32. The first-order valence-electron chi connectivity index (χ1n) is 6.28. The van der Waals surface area contributed by atoms with Gasteiger partial charge in [-0.3, -0.25) is 4.79 Å².